The molecule has 0 bridgehead atoms. The highest BCUT2D eigenvalue weighted by Crippen LogP contribution is 2.34. The molecule has 0 heterocycles. The first-order valence-corrected chi connectivity index (χ1v) is 6.82. The van der Waals surface area contributed by atoms with Crippen molar-refractivity contribution in [2.24, 2.45) is 0 Å². The Morgan fingerprint density at radius 3 is 2.41 bits per heavy atom. The fraction of sp³-hybridized carbons (Fsp3) is 0.412. The van der Waals surface area contributed by atoms with Crippen LogP contribution < -0.4 is 0 Å². The summed E-state index contributed by atoms with van der Waals surface area (Å²) in [7, 11) is 0. The van der Waals surface area contributed by atoms with E-state index in [2.05, 4.69) is 51.1 Å². The summed E-state index contributed by atoms with van der Waals surface area (Å²) in [5.74, 6) is 0. The molecule has 0 unspecified atom stereocenters. The van der Waals surface area contributed by atoms with Crippen LogP contribution in [0, 0.1) is 0 Å². The van der Waals surface area contributed by atoms with E-state index in [0.29, 0.717) is 0 Å². The lowest BCUT2D eigenvalue weighted by atomic mass is 9.90. The van der Waals surface area contributed by atoms with Gasteiger partial charge in [-0.1, -0.05) is 51.1 Å². The van der Waals surface area contributed by atoms with E-state index in [4.69, 9.17) is 0 Å². The van der Waals surface area contributed by atoms with Gasteiger partial charge >= 0.3 is 0 Å². The number of rotatable bonds is 4. The number of hydrogen-bond acceptors (Lipinski definition) is 0. The van der Waals surface area contributed by atoms with Crippen LogP contribution in [-0.4, -0.2) is 0 Å². The van der Waals surface area contributed by atoms with E-state index >= 15 is 0 Å². The Bertz CT molecular complexity index is 461. The van der Waals surface area contributed by atoms with Crippen molar-refractivity contribution < 1.29 is 0 Å². The molecule has 0 saturated carbocycles. The van der Waals surface area contributed by atoms with Crippen molar-refractivity contribution in [2.45, 2.75) is 46.5 Å². The summed E-state index contributed by atoms with van der Waals surface area (Å²) in [6.45, 7) is 6.76. The zero-order chi connectivity index (χ0) is 12.3. The molecule has 1 aliphatic rings. The van der Waals surface area contributed by atoms with Crippen LogP contribution >= 0.6 is 0 Å². The van der Waals surface area contributed by atoms with E-state index in [1.54, 1.807) is 5.56 Å². The van der Waals surface area contributed by atoms with E-state index < -0.39 is 0 Å². The maximum Gasteiger partial charge on any atom is -0.0150 e. The Balaban J connectivity index is 2.49. The Kier molecular flexibility index (Phi) is 3.83. The van der Waals surface area contributed by atoms with Gasteiger partial charge in [0.1, 0.15) is 0 Å². The van der Waals surface area contributed by atoms with Crippen LogP contribution in [0.3, 0.4) is 0 Å². The number of allylic oxidation sites excluding steroid dienone is 4. The Labute approximate surface area is 105 Å². The first kappa shape index (κ1) is 12.2. The van der Waals surface area contributed by atoms with E-state index in [1.165, 1.54) is 22.3 Å². The molecule has 0 spiro atoms. The Hall–Kier alpha value is -1.30. The molecule has 1 aromatic carbocycles. The quantitative estimate of drug-likeness (QED) is 0.682. The van der Waals surface area contributed by atoms with Crippen molar-refractivity contribution in [2.75, 3.05) is 0 Å². The summed E-state index contributed by atoms with van der Waals surface area (Å²) in [4.78, 5) is 0. The summed E-state index contributed by atoms with van der Waals surface area (Å²) >= 11 is 0. The SMILES string of the molecule is CCC1=CCC=C1c1cccc(CC)c1CC. The largest absolute Gasteiger partial charge is 0.0769 e. The van der Waals surface area contributed by atoms with Crippen molar-refractivity contribution >= 4 is 5.57 Å². The lowest BCUT2D eigenvalue weighted by molar-refractivity contribution is 1.03. The first-order chi connectivity index (χ1) is 8.31. The molecular formula is C17H22. The second-order valence-corrected chi connectivity index (χ2v) is 4.59. The number of hydrogen-bond donors (Lipinski definition) is 0. The highest BCUT2D eigenvalue weighted by atomic mass is 14.2. The molecule has 0 amide bonds. The summed E-state index contributed by atoms with van der Waals surface area (Å²) in [6.07, 6.45) is 9.27. The first-order valence-electron chi connectivity index (χ1n) is 6.82. The Morgan fingerprint density at radius 2 is 1.76 bits per heavy atom. The van der Waals surface area contributed by atoms with Gasteiger partial charge in [0.15, 0.2) is 0 Å². The minimum atomic E-state index is 1.11. The van der Waals surface area contributed by atoms with Crippen LogP contribution in [0.25, 0.3) is 5.57 Å². The van der Waals surface area contributed by atoms with E-state index in [1.807, 2.05) is 0 Å². The molecule has 0 heteroatoms. The van der Waals surface area contributed by atoms with Crippen molar-refractivity contribution in [3.8, 4) is 0 Å². The van der Waals surface area contributed by atoms with Crippen LogP contribution in [0.4, 0.5) is 0 Å². The third-order valence-electron chi connectivity index (χ3n) is 3.71. The molecule has 1 aliphatic carbocycles. The van der Waals surface area contributed by atoms with Gasteiger partial charge in [-0.15, -0.1) is 0 Å². The highest BCUT2D eigenvalue weighted by Gasteiger charge is 2.14. The second-order valence-electron chi connectivity index (χ2n) is 4.59. The van der Waals surface area contributed by atoms with Crippen molar-refractivity contribution in [3.63, 3.8) is 0 Å². The van der Waals surface area contributed by atoms with Crippen LogP contribution in [-0.2, 0) is 12.8 Å². The molecule has 90 valence electrons. The fourth-order valence-electron chi connectivity index (χ4n) is 2.81. The molecule has 0 aliphatic heterocycles. The fourth-order valence-corrected chi connectivity index (χ4v) is 2.81. The topological polar surface area (TPSA) is 0 Å². The number of aryl methyl sites for hydroxylation is 1. The normalized spacial score (nSPS) is 14.8. The van der Waals surface area contributed by atoms with Gasteiger partial charge in [0.2, 0.25) is 0 Å². The maximum absolute atomic E-state index is 2.38. The molecule has 1 aromatic rings. The highest BCUT2D eigenvalue weighted by molar-refractivity contribution is 5.83. The molecular weight excluding hydrogens is 204 g/mol. The zero-order valence-corrected chi connectivity index (χ0v) is 11.2. The van der Waals surface area contributed by atoms with Gasteiger partial charge in [0.05, 0.1) is 0 Å². The van der Waals surface area contributed by atoms with Gasteiger partial charge in [-0.2, -0.15) is 0 Å². The molecule has 0 radical (unpaired) electrons. The minimum absolute atomic E-state index is 1.11. The van der Waals surface area contributed by atoms with Crippen molar-refractivity contribution in [1.29, 1.82) is 0 Å². The average molecular weight is 226 g/mol. The monoisotopic (exact) mass is 226 g/mol. The lowest BCUT2D eigenvalue weighted by Gasteiger charge is -2.15. The van der Waals surface area contributed by atoms with Crippen molar-refractivity contribution in [1.82, 2.24) is 0 Å². The maximum atomic E-state index is 2.38. The smallest absolute Gasteiger partial charge is 0.0150 e. The second kappa shape index (κ2) is 5.35. The zero-order valence-electron chi connectivity index (χ0n) is 11.2. The van der Waals surface area contributed by atoms with Gasteiger partial charge in [-0.05, 0) is 53.5 Å². The average Bonchev–Trinajstić information content (AvgIpc) is 2.85. The van der Waals surface area contributed by atoms with Gasteiger partial charge in [-0.3, -0.25) is 0 Å². The van der Waals surface area contributed by atoms with Crippen molar-refractivity contribution in [3.05, 3.63) is 52.6 Å². The van der Waals surface area contributed by atoms with Gasteiger partial charge in [-0.25, -0.2) is 0 Å². The standard InChI is InChI=1S/C17H22/c1-4-13-9-8-12-17(15(13)6-3)16-11-7-10-14(16)5-2/h8-12H,4-7H2,1-3H3. The van der Waals surface area contributed by atoms with E-state index in [-0.39, 0.29) is 0 Å². The van der Waals surface area contributed by atoms with E-state index in [0.717, 1.165) is 25.7 Å². The molecule has 0 saturated heterocycles. The summed E-state index contributed by atoms with van der Waals surface area (Å²) in [6, 6.07) is 6.77. The van der Waals surface area contributed by atoms with Gasteiger partial charge < -0.3 is 0 Å². The minimum Gasteiger partial charge on any atom is -0.0769 e. The van der Waals surface area contributed by atoms with Crippen LogP contribution in [0.15, 0.2) is 35.9 Å². The summed E-state index contributed by atoms with van der Waals surface area (Å²) < 4.78 is 0. The van der Waals surface area contributed by atoms with Gasteiger partial charge in [0.25, 0.3) is 0 Å². The summed E-state index contributed by atoms with van der Waals surface area (Å²) in [5.41, 5.74) is 7.53. The summed E-state index contributed by atoms with van der Waals surface area (Å²) in [5, 5.41) is 0. The van der Waals surface area contributed by atoms with Gasteiger partial charge in [0, 0.05) is 0 Å². The molecule has 0 fully saturated rings. The Morgan fingerprint density at radius 1 is 0.941 bits per heavy atom. The van der Waals surface area contributed by atoms with E-state index in [9.17, 15) is 0 Å². The van der Waals surface area contributed by atoms with Crippen LogP contribution in [0.2, 0.25) is 0 Å². The number of benzene rings is 1. The third-order valence-corrected chi connectivity index (χ3v) is 3.71. The molecule has 0 aromatic heterocycles. The predicted octanol–water partition coefficient (Wildman–Crippen LogP) is 4.93. The molecule has 0 nitrogen and oxygen atoms in total. The third kappa shape index (κ3) is 2.22. The molecule has 2 rings (SSSR count). The van der Waals surface area contributed by atoms with Crippen LogP contribution in [0.1, 0.15) is 50.3 Å². The molecule has 0 N–H and O–H groups in total. The predicted molar refractivity (Wildman–Crippen MR) is 76.2 cm³/mol. The molecule has 17 heavy (non-hydrogen) atoms. The lowest BCUT2D eigenvalue weighted by Crippen LogP contribution is -1.98. The molecule has 0 atom stereocenters. The van der Waals surface area contributed by atoms with Crippen LogP contribution in [0.5, 0.6) is 0 Å².